The first kappa shape index (κ1) is 12.6. The maximum absolute atomic E-state index is 6.30. The molecule has 0 aliphatic heterocycles. The predicted molar refractivity (Wildman–Crippen MR) is 71.4 cm³/mol. The lowest BCUT2D eigenvalue weighted by molar-refractivity contribution is 0.239. The van der Waals surface area contributed by atoms with Gasteiger partial charge in [0.25, 0.3) is 0 Å². The summed E-state index contributed by atoms with van der Waals surface area (Å²) in [4.78, 5) is 0. The first-order valence-corrected chi connectivity index (χ1v) is 6.08. The molecule has 0 fully saturated rings. The molecule has 0 aliphatic carbocycles. The van der Waals surface area contributed by atoms with Crippen LogP contribution in [-0.2, 0) is 7.05 Å². The summed E-state index contributed by atoms with van der Waals surface area (Å²) in [5.41, 5.74) is 8.25. The van der Waals surface area contributed by atoms with Crippen LogP contribution in [0.4, 0.5) is 0 Å². The van der Waals surface area contributed by atoms with E-state index in [0.29, 0.717) is 0 Å². The summed E-state index contributed by atoms with van der Waals surface area (Å²) >= 11 is 0. The van der Waals surface area contributed by atoms with Crippen molar-refractivity contribution in [2.45, 2.75) is 26.0 Å². The van der Waals surface area contributed by atoms with E-state index in [2.05, 4.69) is 5.10 Å². The molecular formula is C14H19N3O. The number of para-hydroxylation sites is 1. The fourth-order valence-electron chi connectivity index (χ4n) is 1.95. The molecule has 0 aliphatic rings. The van der Waals surface area contributed by atoms with Gasteiger partial charge in [-0.25, -0.2) is 0 Å². The number of ether oxygens (including phenoxy) is 1. The van der Waals surface area contributed by atoms with Crippen molar-refractivity contribution < 1.29 is 4.74 Å². The molecule has 0 bridgehead atoms. The third kappa shape index (κ3) is 2.54. The predicted octanol–water partition coefficient (Wildman–Crippen LogP) is 2.26. The van der Waals surface area contributed by atoms with Gasteiger partial charge in [-0.3, -0.25) is 4.68 Å². The number of hydrogen-bond donors (Lipinski definition) is 1. The zero-order valence-electron chi connectivity index (χ0n) is 11.0. The van der Waals surface area contributed by atoms with Crippen LogP contribution >= 0.6 is 0 Å². The molecule has 2 aromatic rings. The van der Waals surface area contributed by atoms with Gasteiger partial charge in [-0.05, 0) is 26.0 Å². The fourth-order valence-corrected chi connectivity index (χ4v) is 1.95. The van der Waals surface area contributed by atoms with Gasteiger partial charge in [-0.15, -0.1) is 0 Å². The smallest absolute Gasteiger partial charge is 0.124 e. The van der Waals surface area contributed by atoms with Crippen LogP contribution < -0.4 is 10.5 Å². The summed E-state index contributed by atoms with van der Waals surface area (Å²) in [7, 11) is 1.89. The Morgan fingerprint density at radius 1 is 1.22 bits per heavy atom. The standard InChI is InChI=1S/C14H19N3O/c1-10(2)18-13-7-5-4-6-11(13)14(15)12-8-9-16-17(12)3/h4-10,14H,15H2,1-3H3. The van der Waals surface area contributed by atoms with Gasteiger partial charge in [-0.1, -0.05) is 18.2 Å². The van der Waals surface area contributed by atoms with Crippen molar-refractivity contribution in [2.24, 2.45) is 12.8 Å². The molecule has 1 atom stereocenters. The van der Waals surface area contributed by atoms with Gasteiger partial charge in [-0.2, -0.15) is 5.10 Å². The molecule has 0 saturated carbocycles. The Labute approximate surface area is 107 Å². The number of hydrogen-bond acceptors (Lipinski definition) is 3. The molecule has 0 saturated heterocycles. The Morgan fingerprint density at radius 3 is 2.56 bits per heavy atom. The van der Waals surface area contributed by atoms with E-state index in [0.717, 1.165) is 17.0 Å². The molecule has 96 valence electrons. The van der Waals surface area contributed by atoms with E-state index >= 15 is 0 Å². The van der Waals surface area contributed by atoms with Crippen LogP contribution in [0.3, 0.4) is 0 Å². The Kier molecular flexibility index (Phi) is 3.67. The van der Waals surface area contributed by atoms with Gasteiger partial charge in [0.2, 0.25) is 0 Å². The molecule has 0 spiro atoms. The molecule has 4 heteroatoms. The second kappa shape index (κ2) is 5.23. The van der Waals surface area contributed by atoms with Crippen LogP contribution in [-0.4, -0.2) is 15.9 Å². The number of aromatic nitrogens is 2. The third-order valence-corrected chi connectivity index (χ3v) is 2.79. The summed E-state index contributed by atoms with van der Waals surface area (Å²) < 4.78 is 7.58. The van der Waals surface area contributed by atoms with Crippen LogP contribution in [0.15, 0.2) is 36.5 Å². The van der Waals surface area contributed by atoms with E-state index in [4.69, 9.17) is 10.5 Å². The van der Waals surface area contributed by atoms with Crippen molar-refractivity contribution in [2.75, 3.05) is 0 Å². The van der Waals surface area contributed by atoms with Crippen LogP contribution in [0, 0.1) is 0 Å². The van der Waals surface area contributed by atoms with Gasteiger partial charge in [0, 0.05) is 18.8 Å². The molecule has 0 radical (unpaired) electrons. The minimum atomic E-state index is -0.229. The molecule has 18 heavy (non-hydrogen) atoms. The Bertz CT molecular complexity index is 519. The number of nitrogens with two attached hydrogens (primary N) is 1. The van der Waals surface area contributed by atoms with E-state index in [1.165, 1.54) is 0 Å². The average molecular weight is 245 g/mol. The van der Waals surface area contributed by atoms with Gasteiger partial charge in [0.05, 0.1) is 17.8 Å². The Morgan fingerprint density at radius 2 is 1.94 bits per heavy atom. The number of benzene rings is 1. The summed E-state index contributed by atoms with van der Waals surface area (Å²) in [5.74, 6) is 0.834. The van der Waals surface area contributed by atoms with Gasteiger partial charge in [0.1, 0.15) is 5.75 Å². The highest BCUT2D eigenvalue weighted by Crippen LogP contribution is 2.28. The molecule has 1 unspecified atom stereocenters. The normalized spacial score (nSPS) is 12.7. The topological polar surface area (TPSA) is 53.1 Å². The maximum atomic E-state index is 6.30. The lowest BCUT2D eigenvalue weighted by Gasteiger charge is -2.18. The van der Waals surface area contributed by atoms with Crippen molar-refractivity contribution in [3.63, 3.8) is 0 Å². The van der Waals surface area contributed by atoms with Crippen molar-refractivity contribution >= 4 is 0 Å². The Hall–Kier alpha value is -1.81. The van der Waals surface area contributed by atoms with Crippen LogP contribution in [0.2, 0.25) is 0 Å². The highest BCUT2D eigenvalue weighted by Gasteiger charge is 2.17. The fraction of sp³-hybridized carbons (Fsp3) is 0.357. The lowest BCUT2D eigenvalue weighted by atomic mass is 10.0. The zero-order valence-corrected chi connectivity index (χ0v) is 11.0. The van der Waals surface area contributed by atoms with Gasteiger partial charge >= 0.3 is 0 Å². The molecular weight excluding hydrogens is 226 g/mol. The maximum Gasteiger partial charge on any atom is 0.124 e. The van der Waals surface area contributed by atoms with Crippen LogP contribution in [0.5, 0.6) is 5.75 Å². The lowest BCUT2D eigenvalue weighted by Crippen LogP contribution is -2.18. The summed E-state index contributed by atoms with van der Waals surface area (Å²) in [6.07, 6.45) is 1.88. The molecule has 1 heterocycles. The first-order valence-electron chi connectivity index (χ1n) is 6.08. The highest BCUT2D eigenvalue weighted by molar-refractivity contribution is 5.39. The largest absolute Gasteiger partial charge is 0.491 e. The zero-order chi connectivity index (χ0) is 13.1. The van der Waals surface area contributed by atoms with Crippen molar-refractivity contribution in [1.29, 1.82) is 0 Å². The molecule has 2 N–H and O–H groups in total. The summed E-state index contributed by atoms with van der Waals surface area (Å²) in [6, 6.07) is 9.57. The molecule has 1 aromatic carbocycles. The average Bonchev–Trinajstić information content (AvgIpc) is 2.74. The summed E-state index contributed by atoms with van der Waals surface area (Å²) in [5, 5.41) is 4.15. The number of aryl methyl sites for hydroxylation is 1. The highest BCUT2D eigenvalue weighted by atomic mass is 16.5. The van der Waals surface area contributed by atoms with E-state index in [1.54, 1.807) is 10.9 Å². The first-order chi connectivity index (χ1) is 8.59. The van der Waals surface area contributed by atoms with E-state index in [1.807, 2.05) is 51.2 Å². The Balaban J connectivity index is 2.36. The molecule has 2 rings (SSSR count). The second-order valence-electron chi connectivity index (χ2n) is 4.56. The van der Waals surface area contributed by atoms with E-state index in [9.17, 15) is 0 Å². The summed E-state index contributed by atoms with van der Waals surface area (Å²) in [6.45, 7) is 4.01. The minimum Gasteiger partial charge on any atom is -0.491 e. The third-order valence-electron chi connectivity index (χ3n) is 2.79. The second-order valence-corrected chi connectivity index (χ2v) is 4.56. The molecule has 4 nitrogen and oxygen atoms in total. The monoisotopic (exact) mass is 245 g/mol. The molecule has 0 amide bonds. The van der Waals surface area contributed by atoms with Gasteiger partial charge in [0.15, 0.2) is 0 Å². The van der Waals surface area contributed by atoms with Gasteiger partial charge < -0.3 is 10.5 Å². The van der Waals surface area contributed by atoms with Crippen molar-refractivity contribution in [1.82, 2.24) is 9.78 Å². The number of nitrogens with zero attached hydrogens (tertiary/aromatic N) is 2. The minimum absolute atomic E-state index is 0.130. The van der Waals surface area contributed by atoms with Crippen LogP contribution in [0.1, 0.15) is 31.1 Å². The molecule has 1 aromatic heterocycles. The van der Waals surface area contributed by atoms with Crippen molar-refractivity contribution in [3.8, 4) is 5.75 Å². The van der Waals surface area contributed by atoms with Crippen LogP contribution in [0.25, 0.3) is 0 Å². The SMILES string of the molecule is CC(C)Oc1ccccc1C(N)c1ccnn1C. The quantitative estimate of drug-likeness (QED) is 0.899. The number of rotatable bonds is 4. The van der Waals surface area contributed by atoms with E-state index in [-0.39, 0.29) is 12.1 Å². The van der Waals surface area contributed by atoms with Crippen molar-refractivity contribution in [3.05, 3.63) is 47.8 Å². The van der Waals surface area contributed by atoms with E-state index < -0.39 is 0 Å².